The molecule has 0 bridgehead atoms. The second-order valence-corrected chi connectivity index (χ2v) is 6.45. The number of carboxylic acid groups (broad SMARTS) is 1. The van der Waals surface area contributed by atoms with Gasteiger partial charge in [0.2, 0.25) is 0 Å². The molecule has 0 radical (unpaired) electrons. The fourth-order valence-electron chi connectivity index (χ4n) is 3.48. The molecule has 1 saturated heterocycles. The number of hydrogen-bond acceptors (Lipinski definition) is 4. The van der Waals surface area contributed by atoms with Gasteiger partial charge < -0.3 is 14.6 Å². The third kappa shape index (κ3) is 3.38. The zero-order valence-electron chi connectivity index (χ0n) is 14.5. The highest BCUT2D eigenvalue weighted by atomic mass is 19.1. The summed E-state index contributed by atoms with van der Waals surface area (Å²) in [6.07, 6.45) is 5.42. The number of halogens is 1. The van der Waals surface area contributed by atoms with Crippen LogP contribution in [0.15, 0.2) is 49.2 Å². The van der Waals surface area contributed by atoms with Crippen LogP contribution in [0.3, 0.4) is 0 Å². The summed E-state index contributed by atoms with van der Waals surface area (Å²) in [5.74, 6) is -0.303. The molecule has 2 aromatic heterocycles. The molecule has 0 atom stereocenters. The minimum atomic E-state index is -0.887. The number of piperidine rings is 1. The zero-order valence-corrected chi connectivity index (χ0v) is 14.5. The Balaban J connectivity index is 1.74. The number of benzene rings is 1. The first-order valence-corrected chi connectivity index (χ1v) is 8.70. The summed E-state index contributed by atoms with van der Waals surface area (Å²) >= 11 is 0. The molecule has 0 aliphatic carbocycles. The van der Waals surface area contributed by atoms with Crippen molar-refractivity contribution < 1.29 is 14.3 Å². The lowest BCUT2D eigenvalue weighted by Crippen LogP contribution is -2.38. The van der Waals surface area contributed by atoms with Crippen LogP contribution in [0.25, 0.3) is 22.6 Å². The summed E-state index contributed by atoms with van der Waals surface area (Å²) in [6.45, 7) is 0.959. The third-order valence-electron chi connectivity index (χ3n) is 4.86. The summed E-state index contributed by atoms with van der Waals surface area (Å²) < 4.78 is 15.4. The van der Waals surface area contributed by atoms with E-state index in [2.05, 4.69) is 19.5 Å². The Morgan fingerprint density at radius 2 is 1.85 bits per heavy atom. The van der Waals surface area contributed by atoms with Gasteiger partial charge in [-0.1, -0.05) is 0 Å². The van der Waals surface area contributed by atoms with Gasteiger partial charge in [-0.15, -0.1) is 0 Å². The monoisotopic (exact) mass is 367 g/mol. The van der Waals surface area contributed by atoms with Gasteiger partial charge in [0, 0.05) is 30.9 Å². The molecule has 0 spiro atoms. The minimum absolute atomic E-state index is 0.118. The van der Waals surface area contributed by atoms with Crippen molar-refractivity contribution in [3.63, 3.8) is 0 Å². The number of hydrogen-bond donors (Lipinski definition) is 1. The summed E-state index contributed by atoms with van der Waals surface area (Å²) in [5, 5.41) is 9.16. The van der Waals surface area contributed by atoms with Crippen molar-refractivity contribution in [1.29, 1.82) is 0 Å². The number of amides is 1. The van der Waals surface area contributed by atoms with Crippen LogP contribution in [-0.4, -0.2) is 48.7 Å². The van der Waals surface area contributed by atoms with Crippen LogP contribution in [0.2, 0.25) is 0 Å². The second kappa shape index (κ2) is 7.14. The molecular formula is C19H18FN5O2. The molecule has 1 amide bonds. The van der Waals surface area contributed by atoms with Gasteiger partial charge in [0.25, 0.3) is 0 Å². The lowest BCUT2D eigenvalue weighted by molar-refractivity contribution is 0.126. The Morgan fingerprint density at radius 3 is 2.48 bits per heavy atom. The van der Waals surface area contributed by atoms with E-state index in [9.17, 15) is 9.18 Å². The predicted octanol–water partition coefficient (Wildman–Crippen LogP) is 3.46. The van der Waals surface area contributed by atoms with Crippen LogP contribution in [0.5, 0.6) is 0 Å². The predicted molar refractivity (Wildman–Crippen MR) is 96.5 cm³/mol. The summed E-state index contributed by atoms with van der Waals surface area (Å²) in [5.41, 5.74) is 3.07. The van der Waals surface area contributed by atoms with Crippen LogP contribution >= 0.6 is 0 Å². The average molecular weight is 367 g/mol. The standard InChI is InChI=1S/C19H18FN5O2/c20-14-3-1-13(2-4-14)17-18(16-5-8-21-11-22-16)25(12-23-17)15-6-9-24(10-7-15)19(26)27/h1-5,8,11-12,15H,6-7,9-10H2,(H,26,27). The van der Waals surface area contributed by atoms with Crippen molar-refractivity contribution in [2.45, 2.75) is 18.9 Å². The fraction of sp³-hybridized carbons (Fsp3) is 0.263. The number of imidazole rings is 1. The van der Waals surface area contributed by atoms with Crippen molar-refractivity contribution in [3.05, 3.63) is 55.0 Å². The molecule has 3 heterocycles. The Labute approximate surface area is 155 Å². The van der Waals surface area contributed by atoms with Crippen LogP contribution in [0.4, 0.5) is 9.18 Å². The molecule has 1 N–H and O–H groups in total. The number of likely N-dealkylation sites (tertiary alicyclic amines) is 1. The highest BCUT2D eigenvalue weighted by Crippen LogP contribution is 2.35. The Bertz CT molecular complexity index is 934. The van der Waals surface area contributed by atoms with Crippen LogP contribution in [-0.2, 0) is 0 Å². The molecule has 3 aromatic rings. The molecule has 1 aromatic carbocycles. The first-order chi connectivity index (χ1) is 13.1. The van der Waals surface area contributed by atoms with Gasteiger partial charge in [-0.2, -0.15) is 0 Å². The molecular weight excluding hydrogens is 349 g/mol. The maximum atomic E-state index is 13.3. The van der Waals surface area contributed by atoms with E-state index in [4.69, 9.17) is 5.11 Å². The summed E-state index contributed by atoms with van der Waals surface area (Å²) in [7, 11) is 0. The van der Waals surface area contributed by atoms with E-state index >= 15 is 0 Å². The normalized spacial score (nSPS) is 15.1. The molecule has 4 rings (SSSR count). The van der Waals surface area contributed by atoms with Crippen LogP contribution in [0, 0.1) is 5.82 Å². The molecule has 8 heteroatoms. The average Bonchev–Trinajstić information content (AvgIpc) is 3.14. The van der Waals surface area contributed by atoms with Gasteiger partial charge in [-0.05, 0) is 43.2 Å². The third-order valence-corrected chi connectivity index (χ3v) is 4.86. The molecule has 1 aliphatic rings. The van der Waals surface area contributed by atoms with E-state index in [-0.39, 0.29) is 11.9 Å². The molecule has 0 unspecified atom stereocenters. The van der Waals surface area contributed by atoms with E-state index in [1.54, 1.807) is 24.7 Å². The largest absolute Gasteiger partial charge is 0.465 e. The van der Waals surface area contributed by atoms with Gasteiger partial charge in [-0.3, -0.25) is 0 Å². The van der Waals surface area contributed by atoms with Crippen LogP contribution < -0.4 is 0 Å². The number of rotatable bonds is 3. The van der Waals surface area contributed by atoms with Gasteiger partial charge in [0.05, 0.1) is 23.4 Å². The number of nitrogens with zero attached hydrogens (tertiary/aromatic N) is 5. The van der Waals surface area contributed by atoms with Gasteiger partial charge >= 0.3 is 6.09 Å². The van der Waals surface area contributed by atoms with E-state index in [0.717, 1.165) is 22.6 Å². The summed E-state index contributed by atoms with van der Waals surface area (Å²) in [6, 6.07) is 8.13. The molecule has 1 fully saturated rings. The number of carbonyl (C=O) groups is 1. The fourth-order valence-corrected chi connectivity index (χ4v) is 3.48. The maximum Gasteiger partial charge on any atom is 0.407 e. The first kappa shape index (κ1) is 17.1. The quantitative estimate of drug-likeness (QED) is 0.766. The van der Waals surface area contributed by atoms with Crippen molar-refractivity contribution in [2.75, 3.05) is 13.1 Å². The molecule has 138 valence electrons. The SMILES string of the molecule is O=C(O)N1CCC(n2cnc(-c3ccc(F)cc3)c2-c2ccncn2)CC1. The Kier molecular flexibility index (Phi) is 4.53. The van der Waals surface area contributed by atoms with Gasteiger partial charge in [-0.25, -0.2) is 24.1 Å². The smallest absolute Gasteiger partial charge is 0.407 e. The molecule has 0 saturated carbocycles. The summed E-state index contributed by atoms with van der Waals surface area (Å²) in [4.78, 5) is 25.5. The van der Waals surface area contributed by atoms with Crippen molar-refractivity contribution in [3.8, 4) is 22.6 Å². The highest BCUT2D eigenvalue weighted by Gasteiger charge is 2.27. The lowest BCUT2D eigenvalue weighted by Gasteiger charge is -2.31. The van der Waals surface area contributed by atoms with Crippen molar-refractivity contribution in [1.82, 2.24) is 24.4 Å². The van der Waals surface area contributed by atoms with E-state index in [0.29, 0.717) is 25.9 Å². The minimum Gasteiger partial charge on any atom is -0.465 e. The first-order valence-electron chi connectivity index (χ1n) is 8.70. The topological polar surface area (TPSA) is 84.1 Å². The van der Waals surface area contributed by atoms with Gasteiger partial charge in [0.1, 0.15) is 12.1 Å². The number of aromatic nitrogens is 4. The Hall–Kier alpha value is -3.29. The Morgan fingerprint density at radius 1 is 1.11 bits per heavy atom. The van der Waals surface area contributed by atoms with E-state index in [1.165, 1.54) is 23.4 Å². The van der Waals surface area contributed by atoms with Crippen LogP contribution in [0.1, 0.15) is 18.9 Å². The van der Waals surface area contributed by atoms with Crippen molar-refractivity contribution in [2.24, 2.45) is 0 Å². The molecule has 7 nitrogen and oxygen atoms in total. The van der Waals surface area contributed by atoms with E-state index in [1.807, 2.05) is 6.07 Å². The van der Waals surface area contributed by atoms with E-state index < -0.39 is 6.09 Å². The lowest BCUT2D eigenvalue weighted by atomic mass is 10.0. The van der Waals surface area contributed by atoms with Gasteiger partial charge in [0.15, 0.2) is 0 Å². The molecule has 27 heavy (non-hydrogen) atoms. The second-order valence-electron chi connectivity index (χ2n) is 6.45. The molecule has 1 aliphatic heterocycles. The maximum absolute atomic E-state index is 13.3. The van der Waals surface area contributed by atoms with Crippen molar-refractivity contribution >= 4 is 6.09 Å². The zero-order chi connectivity index (χ0) is 18.8. The highest BCUT2D eigenvalue weighted by molar-refractivity contribution is 5.76.